The van der Waals surface area contributed by atoms with Gasteiger partial charge in [-0.25, -0.2) is 0 Å². The SMILES string of the molecule is COc1cc(C)cc(C)c1C(=O)c1ccc(Br)cc1Cl. The molecular weight excluding hydrogens is 340 g/mol. The van der Waals surface area contributed by atoms with Crippen molar-refractivity contribution >= 4 is 33.3 Å². The highest BCUT2D eigenvalue weighted by atomic mass is 79.9. The molecule has 0 aliphatic heterocycles. The molecule has 4 heteroatoms. The molecule has 0 saturated heterocycles. The lowest BCUT2D eigenvalue weighted by atomic mass is 9.96. The molecule has 0 saturated carbocycles. The molecule has 0 amide bonds. The summed E-state index contributed by atoms with van der Waals surface area (Å²) in [5, 5.41) is 0.423. The second-order valence-corrected chi connectivity index (χ2v) is 5.94. The molecule has 0 fully saturated rings. The van der Waals surface area contributed by atoms with E-state index in [9.17, 15) is 4.79 Å². The van der Waals surface area contributed by atoms with E-state index in [0.717, 1.165) is 15.6 Å². The zero-order valence-corrected chi connectivity index (χ0v) is 13.8. The third-order valence-corrected chi connectivity index (χ3v) is 3.87. The molecule has 0 bridgehead atoms. The van der Waals surface area contributed by atoms with Crippen molar-refractivity contribution in [3.05, 3.63) is 62.1 Å². The number of hydrogen-bond donors (Lipinski definition) is 0. The molecule has 0 aromatic heterocycles. The van der Waals surface area contributed by atoms with E-state index in [1.807, 2.05) is 26.0 Å². The smallest absolute Gasteiger partial charge is 0.198 e. The van der Waals surface area contributed by atoms with E-state index in [1.54, 1.807) is 25.3 Å². The Morgan fingerprint density at radius 3 is 2.50 bits per heavy atom. The number of halogens is 2. The minimum Gasteiger partial charge on any atom is -0.496 e. The maximum absolute atomic E-state index is 12.7. The number of aryl methyl sites for hydroxylation is 2. The van der Waals surface area contributed by atoms with Crippen LogP contribution < -0.4 is 4.74 Å². The summed E-state index contributed by atoms with van der Waals surface area (Å²) in [5.74, 6) is 0.448. The predicted molar refractivity (Wildman–Crippen MR) is 85.1 cm³/mol. The second-order valence-electron chi connectivity index (χ2n) is 4.61. The molecule has 2 nitrogen and oxygen atoms in total. The summed E-state index contributed by atoms with van der Waals surface area (Å²) in [6.45, 7) is 3.87. The van der Waals surface area contributed by atoms with Crippen molar-refractivity contribution in [2.45, 2.75) is 13.8 Å². The van der Waals surface area contributed by atoms with Gasteiger partial charge in [0.25, 0.3) is 0 Å². The highest BCUT2D eigenvalue weighted by Crippen LogP contribution is 2.30. The molecule has 0 atom stereocenters. The summed E-state index contributed by atoms with van der Waals surface area (Å²) in [6.07, 6.45) is 0. The number of methoxy groups -OCH3 is 1. The zero-order chi connectivity index (χ0) is 14.9. The lowest BCUT2D eigenvalue weighted by molar-refractivity contribution is 0.103. The number of ketones is 1. The van der Waals surface area contributed by atoms with Gasteiger partial charge in [-0.1, -0.05) is 33.6 Å². The third-order valence-electron chi connectivity index (χ3n) is 3.07. The van der Waals surface area contributed by atoms with Crippen molar-refractivity contribution in [2.75, 3.05) is 7.11 Å². The van der Waals surface area contributed by atoms with Crippen LogP contribution in [0, 0.1) is 13.8 Å². The van der Waals surface area contributed by atoms with Gasteiger partial charge in [-0.05, 0) is 49.2 Å². The van der Waals surface area contributed by atoms with E-state index in [-0.39, 0.29) is 5.78 Å². The summed E-state index contributed by atoms with van der Waals surface area (Å²) < 4.78 is 6.18. The third kappa shape index (κ3) is 2.89. The van der Waals surface area contributed by atoms with Crippen LogP contribution in [-0.2, 0) is 0 Å². The van der Waals surface area contributed by atoms with E-state index in [0.29, 0.717) is 21.9 Å². The van der Waals surface area contributed by atoms with Crippen molar-refractivity contribution in [3.63, 3.8) is 0 Å². The molecule has 0 aliphatic carbocycles. The Hall–Kier alpha value is -1.32. The Morgan fingerprint density at radius 2 is 1.90 bits per heavy atom. The van der Waals surface area contributed by atoms with Crippen LogP contribution in [0.15, 0.2) is 34.8 Å². The van der Waals surface area contributed by atoms with Crippen LogP contribution in [-0.4, -0.2) is 12.9 Å². The van der Waals surface area contributed by atoms with Crippen molar-refractivity contribution < 1.29 is 9.53 Å². The predicted octanol–water partition coefficient (Wildman–Crippen LogP) is 4.96. The first-order chi connectivity index (χ1) is 9.43. The van der Waals surface area contributed by atoms with Crippen LogP contribution in [0.2, 0.25) is 5.02 Å². The van der Waals surface area contributed by atoms with E-state index in [1.165, 1.54) is 0 Å². The van der Waals surface area contributed by atoms with Gasteiger partial charge in [0.15, 0.2) is 5.78 Å². The normalized spacial score (nSPS) is 10.4. The number of rotatable bonds is 3. The average Bonchev–Trinajstić information content (AvgIpc) is 2.37. The molecule has 2 aromatic carbocycles. The molecule has 2 rings (SSSR count). The first-order valence-electron chi connectivity index (χ1n) is 6.09. The fraction of sp³-hybridized carbons (Fsp3) is 0.188. The van der Waals surface area contributed by atoms with Gasteiger partial charge in [0.1, 0.15) is 5.75 Å². The maximum atomic E-state index is 12.7. The number of benzene rings is 2. The molecule has 0 aliphatic rings. The lowest BCUT2D eigenvalue weighted by Crippen LogP contribution is -2.07. The summed E-state index contributed by atoms with van der Waals surface area (Å²) in [4.78, 5) is 12.7. The van der Waals surface area contributed by atoms with Gasteiger partial charge in [-0.2, -0.15) is 0 Å². The van der Waals surface area contributed by atoms with Crippen LogP contribution >= 0.6 is 27.5 Å². The number of ether oxygens (including phenoxy) is 1. The Kier molecular flexibility index (Phi) is 4.51. The van der Waals surface area contributed by atoms with Crippen LogP contribution in [0.25, 0.3) is 0 Å². The maximum Gasteiger partial charge on any atom is 0.198 e. The van der Waals surface area contributed by atoms with E-state index in [4.69, 9.17) is 16.3 Å². The first-order valence-corrected chi connectivity index (χ1v) is 7.26. The molecule has 0 spiro atoms. The molecule has 104 valence electrons. The van der Waals surface area contributed by atoms with Crippen molar-refractivity contribution in [2.24, 2.45) is 0 Å². The summed E-state index contributed by atoms with van der Waals surface area (Å²) in [6, 6.07) is 9.04. The van der Waals surface area contributed by atoms with Gasteiger partial charge in [0.2, 0.25) is 0 Å². The largest absolute Gasteiger partial charge is 0.496 e. The molecule has 20 heavy (non-hydrogen) atoms. The fourth-order valence-electron chi connectivity index (χ4n) is 2.19. The quantitative estimate of drug-likeness (QED) is 0.729. The summed E-state index contributed by atoms with van der Waals surface area (Å²) in [5.41, 5.74) is 2.96. The number of hydrogen-bond acceptors (Lipinski definition) is 2. The Morgan fingerprint density at radius 1 is 1.20 bits per heavy atom. The first kappa shape index (κ1) is 15.1. The van der Waals surface area contributed by atoms with Crippen LogP contribution in [0.3, 0.4) is 0 Å². The van der Waals surface area contributed by atoms with Crippen LogP contribution in [0.4, 0.5) is 0 Å². The molecule has 0 radical (unpaired) electrons. The highest BCUT2D eigenvalue weighted by Gasteiger charge is 2.20. The van der Waals surface area contributed by atoms with E-state index >= 15 is 0 Å². The fourth-order valence-corrected chi connectivity index (χ4v) is 2.95. The lowest BCUT2D eigenvalue weighted by Gasteiger charge is -2.13. The standard InChI is InChI=1S/C16H14BrClO2/c1-9-6-10(2)15(14(7-9)20-3)16(19)12-5-4-11(17)8-13(12)18/h4-8H,1-3H3. The Balaban J connectivity index is 2.59. The van der Waals surface area contributed by atoms with E-state index < -0.39 is 0 Å². The Bertz CT molecular complexity index is 680. The van der Waals surface area contributed by atoms with Gasteiger partial charge in [0, 0.05) is 10.0 Å². The monoisotopic (exact) mass is 352 g/mol. The minimum absolute atomic E-state index is 0.128. The van der Waals surface area contributed by atoms with Gasteiger partial charge in [-0.3, -0.25) is 4.79 Å². The molecule has 2 aromatic rings. The molecule has 0 unspecified atom stereocenters. The molecular formula is C16H14BrClO2. The zero-order valence-electron chi connectivity index (χ0n) is 11.5. The summed E-state index contributed by atoms with van der Waals surface area (Å²) >= 11 is 9.50. The Labute approximate surface area is 131 Å². The minimum atomic E-state index is -0.128. The van der Waals surface area contributed by atoms with Crippen molar-refractivity contribution in [1.29, 1.82) is 0 Å². The topological polar surface area (TPSA) is 26.3 Å². The highest BCUT2D eigenvalue weighted by molar-refractivity contribution is 9.10. The molecule has 0 N–H and O–H groups in total. The average molecular weight is 354 g/mol. The van der Waals surface area contributed by atoms with E-state index in [2.05, 4.69) is 15.9 Å². The van der Waals surface area contributed by atoms with Crippen LogP contribution in [0.1, 0.15) is 27.0 Å². The molecule has 0 heterocycles. The second kappa shape index (κ2) is 5.98. The van der Waals surface area contributed by atoms with Crippen LogP contribution in [0.5, 0.6) is 5.75 Å². The van der Waals surface area contributed by atoms with Gasteiger partial charge >= 0.3 is 0 Å². The summed E-state index contributed by atoms with van der Waals surface area (Å²) in [7, 11) is 1.56. The van der Waals surface area contributed by atoms with Crippen molar-refractivity contribution in [3.8, 4) is 5.75 Å². The van der Waals surface area contributed by atoms with Gasteiger partial charge < -0.3 is 4.74 Å². The number of carbonyl (C=O) groups is 1. The van der Waals surface area contributed by atoms with Gasteiger partial charge in [-0.15, -0.1) is 0 Å². The van der Waals surface area contributed by atoms with Crippen molar-refractivity contribution in [1.82, 2.24) is 0 Å². The number of carbonyl (C=O) groups excluding carboxylic acids is 1. The van der Waals surface area contributed by atoms with Gasteiger partial charge in [0.05, 0.1) is 17.7 Å².